The molecule has 2 rings (SSSR count). The van der Waals surface area contributed by atoms with Crippen molar-refractivity contribution < 1.29 is 19.7 Å². The molecule has 1 aliphatic heterocycles. The van der Waals surface area contributed by atoms with Crippen LogP contribution in [0, 0.1) is 5.92 Å². The molecule has 0 aliphatic carbocycles. The number of likely N-dealkylation sites (tertiary alicyclic amines) is 1. The Morgan fingerprint density at radius 2 is 1.95 bits per heavy atom. The number of carbonyl (C=O) groups is 1. The molecule has 0 saturated carbocycles. The first kappa shape index (κ1) is 14.7. The predicted molar refractivity (Wildman–Crippen MR) is 75.1 cm³/mol. The van der Waals surface area contributed by atoms with Gasteiger partial charge in [-0.2, -0.15) is 0 Å². The third-order valence-corrected chi connectivity index (χ3v) is 4.10. The summed E-state index contributed by atoms with van der Waals surface area (Å²) in [4.78, 5) is 12.5. The number of benzene rings is 1. The Bertz CT molecular complexity index is 446. The van der Waals surface area contributed by atoms with Crippen LogP contribution in [0.1, 0.15) is 24.3 Å². The molecule has 1 fully saturated rings. The molecule has 110 valence electrons. The van der Waals surface area contributed by atoms with Crippen molar-refractivity contribution in [3.05, 3.63) is 29.8 Å². The van der Waals surface area contributed by atoms with Crippen molar-refractivity contribution in [2.75, 3.05) is 26.8 Å². The Balaban J connectivity index is 2.16. The van der Waals surface area contributed by atoms with Gasteiger partial charge >= 0.3 is 6.09 Å². The Labute approximate surface area is 118 Å². The van der Waals surface area contributed by atoms with Crippen molar-refractivity contribution in [1.82, 2.24) is 4.90 Å². The molecule has 5 nitrogen and oxygen atoms in total. The van der Waals surface area contributed by atoms with E-state index in [2.05, 4.69) is 0 Å². The summed E-state index contributed by atoms with van der Waals surface area (Å²) in [5.74, 6) is 1.10. The number of methoxy groups -OCH3 is 1. The van der Waals surface area contributed by atoms with Crippen molar-refractivity contribution in [3.8, 4) is 5.75 Å². The number of hydrogen-bond acceptors (Lipinski definition) is 3. The lowest BCUT2D eigenvalue weighted by atomic mass is 9.83. The highest BCUT2D eigenvalue weighted by Gasteiger charge is 2.28. The first-order valence-corrected chi connectivity index (χ1v) is 6.88. The van der Waals surface area contributed by atoms with Crippen molar-refractivity contribution >= 4 is 6.09 Å². The lowest BCUT2D eigenvalue weighted by Crippen LogP contribution is -2.30. The fourth-order valence-electron chi connectivity index (χ4n) is 2.87. The smallest absolute Gasteiger partial charge is 0.407 e. The van der Waals surface area contributed by atoms with Crippen LogP contribution in [0.5, 0.6) is 5.75 Å². The molecular formula is C15H21NO4. The van der Waals surface area contributed by atoms with Gasteiger partial charge in [-0.15, -0.1) is 0 Å². The van der Waals surface area contributed by atoms with Crippen LogP contribution in [-0.4, -0.2) is 48.0 Å². The molecule has 0 aromatic heterocycles. The van der Waals surface area contributed by atoms with Crippen LogP contribution < -0.4 is 4.74 Å². The van der Waals surface area contributed by atoms with Gasteiger partial charge in [-0.3, -0.25) is 0 Å². The average molecular weight is 279 g/mol. The second kappa shape index (κ2) is 6.61. The summed E-state index contributed by atoms with van der Waals surface area (Å²) in [5, 5.41) is 18.7. The highest BCUT2D eigenvalue weighted by molar-refractivity contribution is 5.64. The second-order valence-corrected chi connectivity index (χ2v) is 5.17. The van der Waals surface area contributed by atoms with Gasteiger partial charge in [-0.05, 0) is 42.4 Å². The van der Waals surface area contributed by atoms with Gasteiger partial charge in [0.25, 0.3) is 0 Å². The fourth-order valence-corrected chi connectivity index (χ4v) is 2.87. The topological polar surface area (TPSA) is 70.0 Å². The largest absolute Gasteiger partial charge is 0.497 e. The van der Waals surface area contributed by atoms with Crippen molar-refractivity contribution in [3.63, 3.8) is 0 Å². The lowest BCUT2D eigenvalue weighted by Gasteiger charge is -2.23. The zero-order chi connectivity index (χ0) is 14.5. The second-order valence-electron chi connectivity index (χ2n) is 5.17. The molecule has 1 saturated heterocycles. The molecule has 0 bridgehead atoms. The van der Waals surface area contributed by atoms with Crippen LogP contribution in [0.4, 0.5) is 4.79 Å². The van der Waals surface area contributed by atoms with Gasteiger partial charge < -0.3 is 19.8 Å². The van der Waals surface area contributed by atoms with Crippen molar-refractivity contribution in [1.29, 1.82) is 0 Å². The number of aliphatic hydroxyl groups is 1. The minimum atomic E-state index is -0.878. The first-order valence-electron chi connectivity index (χ1n) is 6.88. The van der Waals surface area contributed by atoms with Gasteiger partial charge in [0, 0.05) is 19.7 Å². The number of ether oxygens (including phenoxy) is 1. The van der Waals surface area contributed by atoms with Crippen LogP contribution in [-0.2, 0) is 0 Å². The lowest BCUT2D eigenvalue weighted by molar-refractivity contribution is 0.145. The Hall–Kier alpha value is -1.75. The SMILES string of the molecule is COc1ccc(C2CCN(C(=O)O)CCC2CO)cc1. The maximum absolute atomic E-state index is 11.1. The van der Waals surface area contributed by atoms with Gasteiger partial charge in [0.2, 0.25) is 0 Å². The molecule has 5 heteroatoms. The highest BCUT2D eigenvalue weighted by atomic mass is 16.5. The molecule has 0 radical (unpaired) electrons. The number of nitrogens with zero attached hydrogens (tertiary/aromatic N) is 1. The normalized spacial score (nSPS) is 23.2. The van der Waals surface area contributed by atoms with Crippen LogP contribution in [0.2, 0.25) is 0 Å². The molecule has 1 aromatic rings. The fraction of sp³-hybridized carbons (Fsp3) is 0.533. The summed E-state index contributed by atoms with van der Waals surface area (Å²) in [6.07, 6.45) is 0.556. The minimum Gasteiger partial charge on any atom is -0.497 e. The zero-order valence-electron chi connectivity index (χ0n) is 11.7. The maximum Gasteiger partial charge on any atom is 0.407 e. The molecule has 1 aromatic carbocycles. The summed E-state index contributed by atoms with van der Waals surface area (Å²) >= 11 is 0. The number of amides is 1. The molecule has 1 heterocycles. The van der Waals surface area contributed by atoms with Crippen LogP contribution in [0.3, 0.4) is 0 Å². The van der Waals surface area contributed by atoms with Gasteiger partial charge in [0.15, 0.2) is 0 Å². The van der Waals surface area contributed by atoms with Gasteiger partial charge in [0.1, 0.15) is 5.75 Å². The summed E-state index contributed by atoms with van der Waals surface area (Å²) in [6, 6.07) is 7.82. The summed E-state index contributed by atoms with van der Waals surface area (Å²) < 4.78 is 5.15. The summed E-state index contributed by atoms with van der Waals surface area (Å²) in [5.41, 5.74) is 1.14. The molecule has 2 unspecified atom stereocenters. The summed E-state index contributed by atoms with van der Waals surface area (Å²) in [6.45, 7) is 1.10. The van der Waals surface area contributed by atoms with Gasteiger partial charge in [0.05, 0.1) is 7.11 Å². The first-order chi connectivity index (χ1) is 9.65. The maximum atomic E-state index is 11.1. The molecule has 0 spiro atoms. The van der Waals surface area contributed by atoms with Crippen LogP contribution in [0.25, 0.3) is 0 Å². The Morgan fingerprint density at radius 3 is 2.50 bits per heavy atom. The number of carboxylic acid groups (broad SMARTS) is 1. The average Bonchev–Trinajstić information content (AvgIpc) is 2.69. The Kier molecular flexibility index (Phi) is 4.84. The summed E-state index contributed by atoms with van der Waals surface area (Å²) in [7, 11) is 1.63. The zero-order valence-corrected chi connectivity index (χ0v) is 11.7. The quantitative estimate of drug-likeness (QED) is 0.889. The molecule has 2 atom stereocenters. The number of rotatable bonds is 3. The van der Waals surface area contributed by atoms with E-state index in [9.17, 15) is 9.90 Å². The predicted octanol–water partition coefficient (Wildman–Crippen LogP) is 2.16. The van der Waals surface area contributed by atoms with Gasteiger partial charge in [-0.25, -0.2) is 4.79 Å². The van der Waals surface area contributed by atoms with E-state index in [4.69, 9.17) is 9.84 Å². The van der Waals surface area contributed by atoms with Gasteiger partial charge in [-0.1, -0.05) is 12.1 Å². The molecule has 1 aliphatic rings. The van der Waals surface area contributed by atoms with E-state index in [0.717, 1.165) is 17.7 Å². The van der Waals surface area contributed by atoms with Crippen molar-refractivity contribution in [2.24, 2.45) is 5.92 Å². The molecular weight excluding hydrogens is 258 g/mol. The van der Waals surface area contributed by atoms with E-state index in [1.807, 2.05) is 24.3 Å². The van der Waals surface area contributed by atoms with E-state index < -0.39 is 6.09 Å². The standard InChI is InChI=1S/C15H21NO4/c1-20-13-4-2-11(3-5-13)14-7-9-16(15(18)19)8-6-12(14)10-17/h2-5,12,14,17H,6-10H2,1H3,(H,18,19). The highest BCUT2D eigenvalue weighted by Crippen LogP contribution is 2.33. The third kappa shape index (κ3) is 3.22. The minimum absolute atomic E-state index is 0.0875. The van der Waals surface area contributed by atoms with E-state index >= 15 is 0 Å². The van der Waals surface area contributed by atoms with E-state index in [-0.39, 0.29) is 18.4 Å². The van der Waals surface area contributed by atoms with Crippen molar-refractivity contribution in [2.45, 2.75) is 18.8 Å². The van der Waals surface area contributed by atoms with Crippen LogP contribution in [0.15, 0.2) is 24.3 Å². The van der Waals surface area contributed by atoms with E-state index in [1.54, 1.807) is 7.11 Å². The molecule has 2 N–H and O–H groups in total. The molecule has 1 amide bonds. The monoisotopic (exact) mass is 279 g/mol. The number of hydrogen-bond donors (Lipinski definition) is 2. The van der Waals surface area contributed by atoms with E-state index in [1.165, 1.54) is 4.90 Å². The van der Waals surface area contributed by atoms with Crippen LogP contribution >= 0.6 is 0 Å². The molecule has 20 heavy (non-hydrogen) atoms. The number of aliphatic hydroxyl groups excluding tert-OH is 1. The third-order valence-electron chi connectivity index (χ3n) is 4.10. The van der Waals surface area contributed by atoms with E-state index in [0.29, 0.717) is 19.5 Å². The Morgan fingerprint density at radius 1 is 1.30 bits per heavy atom.